The van der Waals surface area contributed by atoms with Gasteiger partial charge in [0, 0.05) is 18.6 Å². The molecule has 130 valence electrons. The number of amides is 1. The highest BCUT2D eigenvalue weighted by Gasteiger charge is 2.45. The predicted octanol–water partition coefficient (Wildman–Crippen LogP) is 4.01. The van der Waals surface area contributed by atoms with Crippen LogP contribution in [0.25, 0.3) is 0 Å². The third-order valence-electron chi connectivity index (χ3n) is 6.04. The highest BCUT2D eigenvalue weighted by Crippen LogP contribution is 2.40. The second-order valence-corrected chi connectivity index (χ2v) is 8.33. The van der Waals surface area contributed by atoms with E-state index in [4.69, 9.17) is 23.2 Å². The highest BCUT2D eigenvalue weighted by molar-refractivity contribution is 6.42. The third-order valence-corrected chi connectivity index (χ3v) is 6.78. The van der Waals surface area contributed by atoms with Crippen LogP contribution in [0.1, 0.15) is 37.7 Å². The van der Waals surface area contributed by atoms with E-state index in [9.17, 15) is 4.79 Å². The van der Waals surface area contributed by atoms with Gasteiger partial charge in [-0.3, -0.25) is 9.69 Å². The van der Waals surface area contributed by atoms with Gasteiger partial charge in [-0.1, -0.05) is 29.3 Å². The maximum absolute atomic E-state index is 12.9. The first-order valence-corrected chi connectivity index (χ1v) is 9.85. The number of likely N-dealkylation sites (tertiary alicyclic amines) is 2. The number of piperidine rings is 1. The molecule has 3 aliphatic rings. The van der Waals surface area contributed by atoms with E-state index in [1.807, 2.05) is 12.1 Å². The first kappa shape index (κ1) is 16.7. The van der Waals surface area contributed by atoms with Crippen LogP contribution in [0.15, 0.2) is 18.2 Å². The summed E-state index contributed by atoms with van der Waals surface area (Å²) in [6.45, 7) is 3.34. The Bertz CT molecular complexity index is 630. The van der Waals surface area contributed by atoms with Gasteiger partial charge in [0.25, 0.3) is 0 Å². The van der Waals surface area contributed by atoms with Crippen molar-refractivity contribution in [2.24, 2.45) is 5.92 Å². The molecule has 3 nitrogen and oxygen atoms in total. The SMILES string of the molecule is O=C(Cc1ccc(Cl)c(Cl)c1)N1CCC2CC1[C@H](N1CCCC1)C2. The molecule has 1 aliphatic carbocycles. The highest BCUT2D eigenvalue weighted by atomic mass is 35.5. The zero-order chi connectivity index (χ0) is 16.7. The molecule has 3 fully saturated rings. The van der Waals surface area contributed by atoms with Crippen molar-refractivity contribution in [1.82, 2.24) is 9.80 Å². The lowest BCUT2D eigenvalue weighted by Gasteiger charge is -2.38. The quantitative estimate of drug-likeness (QED) is 0.806. The Morgan fingerprint density at radius 3 is 2.54 bits per heavy atom. The zero-order valence-electron chi connectivity index (χ0n) is 13.9. The molecule has 0 spiro atoms. The average Bonchev–Trinajstić information content (AvgIpc) is 3.19. The molecular formula is C19H24Cl2N2O. The summed E-state index contributed by atoms with van der Waals surface area (Å²) < 4.78 is 0. The fraction of sp³-hybridized carbons (Fsp3) is 0.632. The molecule has 1 saturated carbocycles. The Balaban J connectivity index is 1.47. The predicted molar refractivity (Wildman–Crippen MR) is 97.6 cm³/mol. The Hall–Kier alpha value is -0.770. The van der Waals surface area contributed by atoms with E-state index in [0.29, 0.717) is 28.5 Å². The van der Waals surface area contributed by atoms with E-state index in [-0.39, 0.29) is 5.91 Å². The molecule has 4 rings (SSSR count). The van der Waals surface area contributed by atoms with Crippen LogP contribution in [0.5, 0.6) is 0 Å². The maximum atomic E-state index is 12.9. The minimum absolute atomic E-state index is 0.239. The zero-order valence-corrected chi connectivity index (χ0v) is 15.4. The van der Waals surface area contributed by atoms with Crippen molar-refractivity contribution in [2.45, 2.75) is 50.6 Å². The topological polar surface area (TPSA) is 23.6 Å². The van der Waals surface area contributed by atoms with Crippen LogP contribution in [0.2, 0.25) is 10.0 Å². The molecule has 0 radical (unpaired) electrons. The number of rotatable bonds is 3. The van der Waals surface area contributed by atoms with Crippen LogP contribution >= 0.6 is 23.2 Å². The number of carbonyl (C=O) groups excluding carboxylic acids is 1. The van der Waals surface area contributed by atoms with Crippen molar-refractivity contribution in [3.63, 3.8) is 0 Å². The molecule has 2 unspecified atom stereocenters. The largest absolute Gasteiger partial charge is 0.338 e. The summed E-state index contributed by atoms with van der Waals surface area (Å²) >= 11 is 12.1. The Morgan fingerprint density at radius 2 is 1.79 bits per heavy atom. The number of halogens is 2. The number of hydrogen-bond acceptors (Lipinski definition) is 2. The number of carbonyl (C=O) groups is 1. The summed E-state index contributed by atoms with van der Waals surface area (Å²) in [6, 6.07) is 6.50. The number of fused-ring (bicyclic) bond motifs is 2. The first-order valence-electron chi connectivity index (χ1n) is 9.09. The second kappa shape index (κ2) is 6.86. The summed E-state index contributed by atoms with van der Waals surface area (Å²) in [6.07, 6.45) is 6.67. The smallest absolute Gasteiger partial charge is 0.227 e. The summed E-state index contributed by atoms with van der Waals surface area (Å²) in [4.78, 5) is 17.7. The van der Waals surface area contributed by atoms with Crippen LogP contribution in [0.3, 0.4) is 0 Å². The van der Waals surface area contributed by atoms with Gasteiger partial charge >= 0.3 is 0 Å². The van der Waals surface area contributed by atoms with Crippen molar-refractivity contribution in [3.05, 3.63) is 33.8 Å². The molecule has 2 aliphatic heterocycles. The Labute approximate surface area is 153 Å². The van der Waals surface area contributed by atoms with Crippen LogP contribution in [0, 0.1) is 5.92 Å². The van der Waals surface area contributed by atoms with Crippen molar-refractivity contribution >= 4 is 29.1 Å². The van der Waals surface area contributed by atoms with Gasteiger partial charge in [-0.2, -0.15) is 0 Å². The fourth-order valence-electron chi connectivity index (χ4n) is 4.85. The molecular weight excluding hydrogens is 343 g/mol. The maximum Gasteiger partial charge on any atom is 0.227 e. The van der Waals surface area contributed by atoms with Gasteiger partial charge in [0.15, 0.2) is 0 Å². The lowest BCUT2D eigenvalue weighted by Crippen LogP contribution is -2.51. The van der Waals surface area contributed by atoms with E-state index < -0.39 is 0 Å². The molecule has 0 N–H and O–H groups in total. The minimum Gasteiger partial charge on any atom is -0.338 e. The van der Waals surface area contributed by atoms with Gasteiger partial charge in [-0.05, 0) is 68.8 Å². The van der Waals surface area contributed by atoms with Crippen LogP contribution in [-0.4, -0.2) is 47.4 Å². The first-order chi connectivity index (χ1) is 11.6. The third kappa shape index (κ3) is 3.18. The normalized spacial score (nSPS) is 30.1. The molecule has 2 heterocycles. The van der Waals surface area contributed by atoms with E-state index in [0.717, 1.165) is 24.4 Å². The molecule has 5 heteroatoms. The Kier molecular flexibility index (Phi) is 4.77. The number of benzene rings is 1. The van der Waals surface area contributed by atoms with Crippen LogP contribution in [-0.2, 0) is 11.2 Å². The molecule has 2 bridgehead atoms. The Morgan fingerprint density at radius 1 is 1.04 bits per heavy atom. The molecule has 0 aromatic heterocycles. The number of nitrogens with zero attached hydrogens (tertiary/aromatic N) is 2. The molecule has 2 saturated heterocycles. The van der Waals surface area contributed by atoms with Gasteiger partial charge in [-0.25, -0.2) is 0 Å². The van der Waals surface area contributed by atoms with Gasteiger partial charge in [0.1, 0.15) is 0 Å². The van der Waals surface area contributed by atoms with Crippen molar-refractivity contribution < 1.29 is 4.79 Å². The van der Waals surface area contributed by atoms with E-state index in [2.05, 4.69) is 9.80 Å². The average molecular weight is 367 g/mol. The minimum atomic E-state index is 0.239. The summed E-state index contributed by atoms with van der Waals surface area (Å²) in [5.74, 6) is 1.05. The molecule has 3 atom stereocenters. The second-order valence-electron chi connectivity index (χ2n) is 7.52. The monoisotopic (exact) mass is 366 g/mol. The summed E-state index contributed by atoms with van der Waals surface area (Å²) in [5.41, 5.74) is 0.951. The summed E-state index contributed by atoms with van der Waals surface area (Å²) in [7, 11) is 0. The van der Waals surface area contributed by atoms with Crippen LogP contribution < -0.4 is 0 Å². The van der Waals surface area contributed by atoms with Gasteiger partial charge in [-0.15, -0.1) is 0 Å². The fourth-order valence-corrected chi connectivity index (χ4v) is 5.17. The molecule has 1 aromatic rings. The van der Waals surface area contributed by atoms with Gasteiger partial charge < -0.3 is 4.90 Å². The molecule has 1 aromatic carbocycles. The van der Waals surface area contributed by atoms with Crippen molar-refractivity contribution in [2.75, 3.05) is 19.6 Å². The molecule has 24 heavy (non-hydrogen) atoms. The van der Waals surface area contributed by atoms with E-state index in [1.54, 1.807) is 6.07 Å². The van der Waals surface area contributed by atoms with E-state index >= 15 is 0 Å². The van der Waals surface area contributed by atoms with Gasteiger partial charge in [0.2, 0.25) is 5.91 Å². The van der Waals surface area contributed by atoms with Crippen molar-refractivity contribution in [3.8, 4) is 0 Å². The van der Waals surface area contributed by atoms with Crippen molar-refractivity contribution in [1.29, 1.82) is 0 Å². The van der Waals surface area contributed by atoms with Gasteiger partial charge in [0.05, 0.1) is 16.5 Å². The van der Waals surface area contributed by atoms with Crippen LogP contribution in [0.4, 0.5) is 0 Å². The lowest BCUT2D eigenvalue weighted by molar-refractivity contribution is -0.134. The standard InChI is InChI=1S/C19H24Cl2N2O/c20-15-4-3-13(9-16(15)21)12-19(24)23-8-5-14-10-17(18(23)11-14)22-6-1-2-7-22/h3-4,9,14,17-18H,1-2,5-8,10-12H2/t14?,17-,18?/m1/s1. The number of hydrogen-bond donors (Lipinski definition) is 0. The molecule has 1 amide bonds. The lowest BCUT2D eigenvalue weighted by atomic mass is 9.98. The van der Waals surface area contributed by atoms with E-state index in [1.165, 1.54) is 38.8 Å². The summed E-state index contributed by atoms with van der Waals surface area (Å²) in [5, 5.41) is 1.06.